The van der Waals surface area contributed by atoms with E-state index >= 15 is 0 Å². The van der Waals surface area contributed by atoms with Crippen LogP contribution in [0.4, 0.5) is 19.0 Å². The van der Waals surface area contributed by atoms with E-state index < -0.39 is 21.8 Å². The van der Waals surface area contributed by atoms with Crippen LogP contribution in [0.1, 0.15) is 41.0 Å². The molecule has 7 nitrogen and oxygen atoms in total. The molecule has 1 aliphatic rings. The van der Waals surface area contributed by atoms with Gasteiger partial charge < -0.3 is 9.47 Å². The monoisotopic (exact) mass is 507 g/mol. The number of rotatable bonds is 8. The van der Waals surface area contributed by atoms with Gasteiger partial charge in [0, 0.05) is 37.5 Å². The van der Waals surface area contributed by atoms with Crippen molar-refractivity contribution >= 4 is 15.8 Å². The van der Waals surface area contributed by atoms with Gasteiger partial charge in [0.1, 0.15) is 17.9 Å². The van der Waals surface area contributed by atoms with E-state index in [9.17, 15) is 21.6 Å². The first-order chi connectivity index (χ1) is 16.7. The lowest BCUT2D eigenvalue weighted by molar-refractivity contribution is -0.137. The van der Waals surface area contributed by atoms with Gasteiger partial charge in [-0.05, 0) is 54.7 Å². The molecule has 0 saturated carbocycles. The Kier molecular flexibility index (Phi) is 7.27. The van der Waals surface area contributed by atoms with Crippen LogP contribution in [-0.4, -0.2) is 38.7 Å². The SMILES string of the molecule is COCCCc1cc(C(F)(F)F)ccc1C1CCOc2cc(S(=O)(=O)Nc3ccncn3)ccc21. The highest BCUT2D eigenvalue weighted by atomic mass is 32.2. The fourth-order valence-corrected chi connectivity index (χ4v) is 5.18. The Bertz CT molecular complexity index is 1280. The van der Waals surface area contributed by atoms with E-state index in [1.165, 1.54) is 42.9 Å². The number of methoxy groups -OCH3 is 1. The van der Waals surface area contributed by atoms with E-state index in [1.807, 2.05) is 0 Å². The molecule has 2 aromatic carbocycles. The Labute approximate surface area is 201 Å². The summed E-state index contributed by atoms with van der Waals surface area (Å²) in [6.07, 6.45) is -0.239. The Morgan fingerprint density at radius 1 is 1.14 bits per heavy atom. The third-order valence-electron chi connectivity index (χ3n) is 5.80. The first-order valence-electron chi connectivity index (χ1n) is 10.9. The number of hydrogen-bond donors (Lipinski definition) is 1. The number of anilines is 1. The number of halogens is 3. The van der Waals surface area contributed by atoms with E-state index in [0.717, 1.165) is 17.2 Å². The predicted octanol–water partition coefficient (Wildman–Crippen LogP) is 4.79. The highest BCUT2D eigenvalue weighted by Gasteiger charge is 2.33. The summed E-state index contributed by atoms with van der Waals surface area (Å²) in [7, 11) is -2.38. The lowest BCUT2D eigenvalue weighted by Crippen LogP contribution is -2.19. The summed E-state index contributed by atoms with van der Waals surface area (Å²) in [4.78, 5) is 7.62. The Morgan fingerprint density at radius 2 is 1.94 bits per heavy atom. The Balaban J connectivity index is 1.68. The molecule has 186 valence electrons. The molecule has 0 aliphatic carbocycles. The van der Waals surface area contributed by atoms with Crippen molar-refractivity contribution < 1.29 is 31.1 Å². The van der Waals surface area contributed by atoms with Crippen molar-refractivity contribution in [1.29, 1.82) is 0 Å². The maximum Gasteiger partial charge on any atom is 0.416 e. The van der Waals surface area contributed by atoms with E-state index in [4.69, 9.17) is 9.47 Å². The first-order valence-corrected chi connectivity index (χ1v) is 12.4. The summed E-state index contributed by atoms with van der Waals surface area (Å²) in [6, 6.07) is 9.78. The number of alkyl halides is 3. The zero-order valence-electron chi connectivity index (χ0n) is 18.9. The second-order valence-electron chi connectivity index (χ2n) is 8.10. The zero-order valence-corrected chi connectivity index (χ0v) is 19.7. The fourth-order valence-electron chi connectivity index (χ4n) is 4.15. The number of hydrogen-bond acceptors (Lipinski definition) is 6. The van der Waals surface area contributed by atoms with Crippen molar-refractivity contribution in [1.82, 2.24) is 9.97 Å². The highest BCUT2D eigenvalue weighted by Crippen LogP contribution is 2.42. The van der Waals surface area contributed by atoms with Gasteiger partial charge in [-0.1, -0.05) is 12.1 Å². The fraction of sp³-hybridized carbons (Fsp3) is 0.333. The third-order valence-corrected chi connectivity index (χ3v) is 7.15. The predicted molar refractivity (Wildman–Crippen MR) is 123 cm³/mol. The van der Waals surface area contributed by atoms with E-state index in [-0.39, 0.29) is 16.6 Å². The van der Waals surface area contributed by atoms with E-state index in [0.29, 0.717) is 43.8 Å². The smallest absolute Gasteiger partial charge is 0.416 e. The molecule has 1 aliphatic heterocycles. The molecule has 4 rings (SSSR count). The normalized spacial score (nSPS) is 15.8. The number of fused-ring (bicyclic) bond motifs is 1. The lowest BCUT2D eigenvalue weighted by Gasteiger charge is -2.29. The minimum atomic E-state index is -4.44. The molecule has 0 bridgehead atoms. The molecule has 1 atom stereocenters. The first kappa shape index (κ1) is 24.9. The Hall–Kier alpha value is -3.18. The van der Waals surface area contributed by atoms with Crippen molar-refractivity contribution in [3.63, 3.8) is 0 Å². The van der Waals surface area contributed by atoms with Crippen molar-refractivity contribution in [2.45, 2.75) is 36.3 Å². The van der Waals surface area contributed by atoms with Gasteiger partial charge in [-0.2, -0.15) is 13.2 Å². The quantitative estimate of drug-likeness (QED) is 0.441. The van der Waals surface area contributed by atoms with Gasteiger partial charge in [0.15, 0.2) is 0 Å². The third kappa shape index (κ3) is 5.73. The summed E-state index contributed by atoms with van der Waals surface area (Å²) >= 11 is 0. The standard InChI is InChI=1S/C24H24F3N3O4S/c1-33-11-2-3-16-13-17(24(25,26)27)4-6-19(16)20-9-12-34-22-14-18(5-7-21(20)22)35(31,32)30-23-8-10-28-15-29-23/h4-8,10,13-15,20H,2-3,9,11-12H2,1H3,(H,28,29,30). The van der Waals surface area contributed by atoms with Crippen LogP contribution < -0.4 is 9.46 Å². The van der Waals surface area contributed by atoms with Crippen LogP contribution in [0.25, 0.3) is 0 Å². The number of benzene rings is 2. The second kappa shape index (κ2) is 10.2. The highest BCUT2D eigenvalue weighted by molar-refractivity contribution is 7.92. The number of aromatic nitrogens is 2. The van der Waals surface area contributed by atoms with E-state index in [1.54, 1.807) is 13.2 Å². The number of aryl methyl sites for hydroxylation is 1. The van der Waals surface area contributed by atoms with Crippen LogP contribution >= 0.6 is 0 Å². The van der Waals surface area contributed by atoms with Gasteiger partial charge in [-0.25, -0.2) is 18.4 Å². The Morgan fingerprint density at radius 3 is 2.66 bits per heavy atom. The largest absolute Gasteiger partial charge is 0.493 e. The van der Waals surface area contributed by atoms with Gasteiger partial charge in [-0.3, -0.25) is 4.72 Å². The number of ether oxygens (including phenoxy) is 2. The average Bonchev–Trinajstić information content (AvgIpc) is 2.83. The maximum atomic E-state index is 13.4. The molecule has 0 fully saturated rings. The van der Waals surface area contributed by atoms with Gasteiger partial charge in [0.05, 0.1) is 17.1 Å². The summed E-state index contributed by atoms with van der Waals surface area (Å²) in [5, 5.41) is 0. The molecular formula is C24H24F3N3O4S. The van der Waals surface area contributed by atoms with Crippen LogP contribution in [0.3, 0.4) is 0 Å². The van der Waals surface area contributed by atoms with Crippen molar-refractivity contribution in [2.24, 2.45) is 0 Å². The van der Waals surface area contributed by atoms with Crippen LogP contribution in [-0.2, 0) is 27.4 Å². The summed E-state index contributed by atoms with van der Waals surface area (Å²) in [6.45, 7) is 0.736. The second-order valence-corrected chi connectivity index (χ2v) is 9.78. The van der Waals surface area contributed by atoms with Gasteiger partial charge in [0.25, 0.3) is 10.0 Å². The number of nitrogens with zero attached hydrogens (tertiary/aromatic N) is 2. The van der Waals surface area contributed by atoms with Gasteiger partial charge in [-0.15, -0.1) is 0 Å². The minimum absolute atomic E-state index is 0.0109. The van der Waals surface area contributed by atoms with E-state index in [2.05, 4.69) is 14.7 Å². The summed E-state index contributed by atoms with van der Waals surface area (Å²) < 4.78 is 79.0. The van der Waals surface area contributed by atoms with Crippen molar-refractivity contribution in [3.8, 4) is 5.75 Å². The molecule has 0 amide bonds. The zero-order chi connectivity index (χ0) is 25.1. The molecule has 1 N–H and O–H groups in total. The number of nitrogens with one attached hydrogen (secondary N) is 1. The maximum absolute atomic E-state index is 13.4. The van der Waals surface area contributed by atoms with Crippen LogP contribution in [0, 0.1) is 0 Å². The molecular weight excluding hydrogens is 483 g/mol. The summed E-state index contributed by atoms with van der Waals surface area (Å²) in [5.41, 5.74) is 1.40. The number of sulfonamides is 1. The van der Waals surface area contributed by atoms with Gasteiger partial charge in [0.2, 0.25) is 0 Å². The molecule has 3 aromatic rings. The molecule has 0 saturated heterocycles. The molecule has 0 radical (unpaired) electrons. The van der Waals surface area contributed by atoms with Gasteiger partial charge >= 0.3 is 6.18 Å². The molecule has 35 heavy (non-hydrogen) atoms. The molecule has 0 spiro atoms. The van der Waals surface area contributed by atoms with Crippen molar-refractivity contribution in [3.05, 3.63) is 77.2 Å². The summed E-state index contributed by atoms with van der Waals surface area (Å²) in [5.74, 6) is 0.279. The average molecular weight is 508 g/mol. The van der Waals surface area contributed by atoms with Crippen LogP contribution in [0.15, 0.2) is 59.9 Å². The lowest BCUT2D eigenvalue weighted by atomic mass is 9.82. The molecule has 1 aromatic heterocycles. The van der Waals surface area contributed by atoms with Crippen LogP contribution in [0.5, 0.6) is 5.75 Å². The molecule has 11 heteroatoms. The van der Waals surface area contributed by atoms with Crippen LogP contribution in [0.2, 0.25) is 0 Å². The molecule has 2 heterocycles. The van der Waals surface area contributed by atoms with Crippen molar-refractivity contribution in [2.75, 3.05) is 25.0 Å². The minimum Gasteiger partial charge on any atom is -0.493 e. The molecule has 1 unspecified atom stereocenters. The topological polar surface area (TPSA) is 90.4 Å².